The highest BCUT2D eigenvalue weighted by Crippen LogP contribution is 2.15. The van der Waals surface area contributed by atoms with Gasteiger partial charge in [0.2, 0.25) is 5.91 Å². The molecule has 0 aliphatic heterocycles. The number of nitrogens with zero attached hydrogens (tertiary/aromatic N) is 1. The lowest BCUT2D eigenvalue weighted by Crippen LogP contribution is -2.18. The molecule has 0 unspecified atom stereocenters. The zero-order valence-electron chi connectivity index (χ0n) is 12.3. The summed E-state index contributed by atoms with van der Waals surface area (Å²) < 4.78 is 0. The lowest BCUT2D eigenvalue weighted by Gasteiger charge is -2.04. The summed E-state index contributed by atoms with van der Waals surface area (Å²) >= 11 is 6.07. The van der Waals surface area contributed by atoms with Gasteiger partial charge < -0.3 is 0 Å². The van der Waals surface area contributed by atoms with Crippen LogP contribution >= 0.6 is 11.6 Å². The van der Waals surface area contributed by atoms with Crippen LogP contribution in [0.1, 0.15) is 57.9 Å². The monoisotopic (exact) mass is 294 g/mol. The Morgan fingerprint density at radius 2 is 1.90 bits per heavy atom. The van der Waals surface area contributed by atoms with E-state index in [2.05, 4.69) is 17.5 Å². The van der Waals surface area contributed by atoms with E-state index < -0.39 is 0 Å². The van der Waals surface area contributed by atoms with E-state index in [1.165, 1.54) is 19.3 Å². The summed E-state index contributed by atoms with van der Waals surface area (Å²) in [4.78, 5) is 11.6. The molecule has 0 aliphatic rings. The van der Waals surface area contributed by atoms with E-state index in [4.69, 9.17) is 11.6 Å². The van der Waals surface area contributed by atoms with Crippen LogP contribution in [0.4, 0.5) is 0 Å². The molecule has 0 spiro atoms. The molecule has 3 nitrogen and oxygen atoms in total. The minimum atomic E-state index is -0.0343. The van der Waals surface area contributed by atoms with Gasteiger partial charge in [0.15, 0.2) is 0 Å². The van der Waals surface area contributed by atoms with Crippen molar-refractivity contribution < 1.29 is 4.79 Å². The van der Waals surface area contributed by atoms with Gasteiger partial charge in [-0.3, -0.25) is 4.79 Å². The topological polar surface area (TPSA) is 41.5 Å². The van der Waals surface area contributed by atoms with Crippen LogP contribution in [0.2, 0.25) is 5.02 Å². The maximum absolute atomic E-state index is 11.6. The summed E-state index contributed by atoms with van der Waals surface area (Å²) in [5.74, 6) is -0.0343. The molecule has 110 valence electrons. The lowest BCUT2D eigenvalue weighted by atomic mass is 10.1. The number of halogens is 1. The molecule has 1 N–H and O–H groups in total. The second kappa shape index (κ2) is 9.54. The van der Waals surface area contributed by atoms with Gasteiger partial charge >= 0.3 is 0 Å². The van der Waals surface area contributed by atoms with Crippen molar-refractivity contribution in [2.45, 2.75) is 52.4 Å². The molecule has 0 fully saturated rings. The Kier molecular flexibility index (Phi) is 7.97. The smallest absolute Gasteiger partial charge is 0.240 e. The molecule has 0 saturated carbocycles. The molecule has 0 saturated heterocycles. The van der Waals surface area contributed by atoms with Gasteiger partial charge in [-0.2, -0.15) is 5.10 Å². The number of nitrogens with one attached hydrogen (secondary N) is 1. The normalized spacial score (nSPS) is 11.4. The standard InChI is InChI=1S/C16H23ClN2O/c1-3-4-5-6-7-12-16(20)19-18-13(2)14-10-8-9-11-15(14)17/h8-11H,3-7,12H2,1-2H3,(H,19,20)/b18-13-. The van der Waals surface area contributed by atoms with E-state index in [-0.39, 0.29) is 5.91 Å². The van der Waals surface area contributed by atoms with Crippen LogP contribution in [-0.2, 0) is 4.79 Å². The summed E-state index contributed by atoms with van der Waals surface area (Å²) in [6, 6.07) is 7.47. The molecule has 0 radical (unpaired) electrons. The molecule has 0 aromatic heterocycles. The number of carbonyl (C=O) groups excluding carboxylic acids is 1. The van der Waals surface area contributed by atoms with Crippen molar-refractivity contribution in [1.29, 1.82) is 0 Å². The highest BCUT2D eigenvalue weighted by molar-refractivity contribution is 6.34. The molecule has 4 heteroatoms. The summed E-state index contributed by atoms with van der Waals surface area (Å²) in [7, 11) is 0. The maximum atomic E-state index is 11.6. The molecule has 20 heavy (non-hydrogen) atoms. The fourth-order valence-electron chi connectivity index (χ4n) is 1.91. The Morgan fingerprint density at radius 3 is 2.60 bits per heavy atom. The number of unbranched alkanes of at least 4 members (excludes halogenated alkanes) is 4. The molecule has 0 atom stereocenters. The van der Waals surface area contributed by atoms with E-state index in [0.717, 1.165) is 24.1 Å². The fourth-order valence-corrected chi connectivity index (χ4v) is 2.18. The van der Waals surface area contributed by atoms with Gasteiger partial charge in [-0.1, -0.05) is 62.4 Å². The number of hydrazone groups is 1. The summed E-state index contributed by atoms with van der Waals surface area (Å²) in [5.41, 5.74) is 4.15. The van der Waals surface area contributed by atoms with E-state index in [9.17, 15) is 4.79 Å². The van der Waals surface area contributed by atoms with Crippen LogP contribution < -0.4 is 5.43 Å². The van der Waals surface area contributed by atoms with Crippen LogP contribution in [0, 0.1) is 0 Å². The van der Waals surface area contributed by atoms with Crippen molar-refractivity contribution >= 4 is 23.2 Å². The quantitative estimate of drug-likeness (QED) is 0.427. The van der Waals surface area contributed by atoms with Gasteiger partial charge in [0, 0.05) is 17.0 Å². The Labute approximate surface area is 126 Å². The fraction of sp³-hybridized carbons (Fsp3) is 0.500. The van der Waals surface area contributed by atoms with Crippen molar-refractivity contribution in [3.63, 3.8) is 0 Å². The SMILES string of the molecule is CCCCCCCC(=O)N/N=C(/C)c1ccccc1Cl. The molecular formula is C16H23ClN2O. The van der Waals surface area contributed by atoms with Gasteiger partial charge in [-0.05, 0) is 19.4 Å². The molecule has 1 rings (SSSR count). The largest absolute Gasteiger partial charge is 0.273 e. The molecule has 1 aromatic carbocycles. The molecule has 1 amide bonds. The first-order chi connectivity index (χ1) is 9.65. The average molecular weight is 295 g/mol. The summed E-state index contributed by atoms with van der Waals surface area (Å²) in [5, 5.41) is 4.74. The Morgan fingerprint density at radius 1 is 1.20 bits per heavy atom. The van der Waals surface area contributed by atoms with Crippen LogP contribution in [0.5, 0.6) is 0 Å². The number of carbonyl (C=O) groups is 1. The van der Waals surface area contributed by atoms with Crippen LogP contribution in [-0.4, -0.2) is 11.6 Å². The van der Waals surface area contributed by atoms with E-state index >= 15 is 0 Å². The third-order valence-corrected chi connectivity index (χ3v) is 3.45. The first-order valence-corrected chi connectivity index (χ1v) is 7.61. The number of benzene rings is 1. The second-order valence-corrected chi connectivity index (χ2v) is 5.28. The van der Waals surface area contributed by atoms with Crippen molar-refractivity contribution in [3.05, 3.63) is 34.9 Å². The molecule has 1 aromatic rings. The summed E-state index contributed by atoms with van der Waals surface area (Å²) in [6.07, 6.45) is 6.22. The number of hydrogen-bond donors (Lipinski definition) is 1. The first kappa shape index (κ1) is 16.7. The second-order valence-electron chi connectivity index (χ2n) is 4.88. The molecule has 0 heterocycles. The van der Waals surface area contributed by atoms with Gasteiger partial charge in [-0.25, -0.2) is 5.43 Å². The molecule has 0 bridgehead atoms. The zero-order chi connectivity index (χ0) is 14.8. The van der Waals surface area contributed by atoms with Crippen molar-refractivity contribution in [2.75, 3.05) is 0 Å². The maximum Gasteiger partial charge on any atom is 0.240 e. The first-order valence-electron chi connectivity index (χ1n) is 7.23. The molecule has 0 aliphatic carbocycles. The average Bonchev–Trinajstić information content (AvgIpc) is 2.45. The number of hydrogen-bond acceptors (Lipinski definition) is 2. The Balaban J connectivity index is 2.36. The third kappa shape index (κ3) is 6.20. The zero-order valence-corrected chi connectivity index (χ0v) is 13.0. The van der Waals surface area contributed by atoms with E-state index in [0.29, 0.717) is 11.4 Å². The van der Waals surface area contributed by atoms with Gasteiger partial charge in [0.25, 0.3) is 0 Å². The van der Waals surface area contributed by atoms with E-state index in [1.807, 2.05) is 31.2 Å². The number of rotatable bonds is 8. The van der Waals surface area contributed by atoms with E-state index in [1.54, 1.807) is 0 Å². The van der Waals surface area contributed by atoms with Gasteiger partial charge in [0.1, 0.15) is 0 Å². The Bertz CT molecular complexity index is 458. The van der Waals surface area contributed by atoms with Crippen molar-refractivity contribution in [1.82, 2.24) is 5.43 Å². The van der Waals surface area contributed by atoms with Crippen molar-refractivity contribution in [2.24, 2.45) is 5.10 Å². The predicted molar refractivity (Wildman–Crippen MR) is 85.2 cm³/mol. The number of amides is 1. The molecular weight excluding hydrogens is 272 g/mol. The van der Waals surface area contributed by atoms with Crippen LogP contribution in [0.3, 0.4) is 0 Å². The summed E-state index contributed by atoms with van der Waals surface area (Å²) in [6.45, 7) is 4.02. The predicted octanol–water partition coefficient (Wildman–Crippen LogP) is 4.54. The minimum absolute atomic E-state index is 0.0343. The van der Waals surface area contributed by atoms with Gasteiger partial charge in [0.05, 0.1) is 5.71 Å². The highest BCUT2D eigenvalue weighted by Gasteiger charge is 2.04. The van der Waals surface area contributed by atoms with Gasteiger partial charge in [-0.15, -0.1) is 0 Å². The van der Waals surface area contributed by atoms with Crippen LogP contribution in [0.25, 0.3) is 0 Å². The van der Waals surface area contributed by atoms with Crippen LogP contribution in [0.15, 0.2) is 29.4 Å². The minimum Gasteiger partial charge on any atom is -0.273 e. The lowest BCUT2D eigenvalue weighted by molar-refractivity contribution is -0.121. The highest BCUT2D eigenvalue weighted by atomic mass is 35.5. The third-order valence-electron chi connectivity index (χ3n) is 3.12. The van der Waals surface area contributed by atoms with Crippen molar-refractivity contribution in [3.8, 4) is 0 Å². The Hall–Kier alpha value is -1.35.